The molecule has 4 rings (SSSR count). The van der Waals surface area contributed by atoms with Gasteiger partial charge in [-0.05, 0) is 50.2 Å². The summed E-state index contributed by atoms with van der Waals surface area (Å²) in [5.74, 6) is 0.452. The van der Waals surface area contributed by atoms with Gasteiger partial charge in [-0.15, -0.1) is 0 Å². The molecule has 32 heavy (non-hydrogen) atoms. The first-order chi connectivity index (χ1) is 14.8. The van der Waals surface area contributed by atoms with E-state index in [0.29, 0.717) is 36.7 Å². The van der Waals surface area contributed by atoms with Crippen molar-refractivity contribution < 1.29 is 21.6 Å². The molecule has 0 radical (unpaired) electrons. The normalized spacial score (nSPS) is 17.1. The lowest BCUT2D eigenvalue weighted by Crippen LogP contribution is -2.60. The highest BCUT2D eigenvalue weighted by atomic mass is 32.2. The number of piperazine rings is 1. The summed E-state index contributed by atoms with van der Waals surface area (Å²) in [5, 5.41) is 0. The quantitative estimate of drug-likeness (QED) is 0.632. The molecule has 7 nitrogen and oxygen atoms in total. The second kappa shape index (κ2) is 7.58. The number of sulfonamides is 1. The van der Waals surface area contributed by atoms with Crippen LogP contribution in [0.1, 0.15) is 19.4 Å². The summed E-state index contributed by atoms with van der Waals surface area (Å²) in [5.41, 5.74) is 0.675. The van der Waals surface area contributed by atoms with Gasteiger partial charge in [0.25, 0.3) is 0 Å². The molecule has 1 aliphatic rings. The average molecular weight is 468 g/mol. The number of rotatable bonds is 4. The van der Waals surface area contributed by atoms with E-state index in [9.17, 15) is 21.6 Å². The monoisotopic (exact) mass is 467 g/mol. The van der Waals surface area contributed by atoms with Crippen LogP contribution in [0.25, 0.3) is 5.52 Å². The Balaban J connectivity index is 1.61. The summed E-state index contributed by atoms with van der Waals surface area (Å²) in [4.78, 5) is 8.14. The zero-order valence-electron chi connectivity index (χ0n) is 17.9. The highest BCUT2D eigenvalue weighted by Crippen LogP contribution is 2.36. The summed E-state index contributed by atoms with van der Waals surface area (Å²) in [7, 11) is -3.36. The minimum absolute atomic E-state index is 0.393. The Labute approximate surface area is 184 Å². The van der Waals surface area contributed by atoms with Gasteiger partial charge < -0.3 is 9.80 Å². The maximum atomic E-state index is 13.4. The molecular formula is C21H24F3N5O2S. The molecule has 0 unspecified atom stereocenters. The lowest BCUT2D eigenvalue weighted by atomic mass is 9.97. The maximum Gasteiger partial charge on any atom is 0.416 e. The van der Waals surface area contributed by atoms with Gasteiger partial charge in [-0.1, -0.05) is 0 Å². The smallest absolute Gasteiger partial charge is 0.363 e. The molecule has 0 amide bonds. The average Bonchev–Trinajstić information content (AvgIpc) is 3.14. The minimum atomic E-state index is -4.44. The third kappa shape index (κ3) is 4.47. The molecule has 1 aromatic carbocycles. The molecule has 172 valence electrons. The molecule has 11 heteroatoms. The van der Waals surface area contributed by atoms with Crippen molar-refractivity contribution in [3.8, 4) is 0 Å². The van der Waals surface area contributed by atoms with Crippen LogP contribution >= 0.6 is 0 Å². The van der Waals surface area contributed by atoms with Crippen LogP contribution in [0.5, 0.6) is 0 Å². The summed E-state index contributed by atoms with van der Waals surface area (Å²) in [6.45, 7) is 5.64. The number of fused-ring (bicyclic) bond motifs is 1. The number of benzene rings is 1. The molecule has 1 aliphatic heterocycles. The van der Waals surface area contributed by atoms with Crippen molar-refractivity contribution in [2.24, 2.45) is 0 Å². The van der Waals surface area contributed by atoms with Crippen molar-refractivity contribution >= 4 is 32.7 Å². The Kier molecular flexibility index (Phi) is 5.27. The lowest BCUT2D eigenvalue weighted by Gasteiger charge is -2.49. The van der Waals surface area contributed by atoms with Crippen LogP contribution in [0.4, 0.5) is 30.4 Å². The van der Waals surface area contributed by atoms with Crippen LogP contribution in [0.15, 0.2) is 48.9 Å². The Hall–Kier alpha value is -2.95. The molecule has 3 heterocycles. The summed E-state index contributed by atoms with van der Waals surface area (Å²) < 4.78 is 67.3. The van der Waals surface area contributed by atoms with Crippen LogP contribution in [0.2, 0.25) is 0 Å². The number of imidazole rings is 1. The molecule has 0 saturated carbocycles. The van der Waals surface area contributed by atoms with Gasteiger partial charge in [-0.3, -0.25) is 9.12 Å². The number of pyridine rings is 1. The van der Waals surface area contributed by atoms with Crippen LogP contribution in [0.3, 0.4) is 0 Å². The largest absolute Gasteiger partial charge is 0.416 e. The number of aromatic nitrogens is 2. The van der Waals surface area contributed by atoms with Crippen molar-refractivity contribution in [1.82, 2.24) is 9.38 Å². The minimum Gasteiger partial charge on any atom is -0.363 e. The molecule has 3 aromatic rings. The first-order valence-corrected chi connectivity index (χ1v) is 11.9. The summed E-state index contributed by atoms with van der Waals surface area (Å²) >= 11 is 0. The highest BCUT2D eigenvalue weighted by Gasteiger charge is 2.37. The number of halogens is 3. The van der Waals surface area contributed by atoms with Gasteiger partial charge in [-0.2, -0.15) is 13.2 Å². The molecule has 1 saturated heterocycles. The number of hydrogen-bond acceptors (Lipinski definition) is 5. The van der Waals surface area contributed by atoms with Gasteiger partial charge >= 0.3 is 6.18 Å². The van der Waals surface area contributed by atoms with Gasteiger partial charge in [0.1, 0.15) is 12.1 Å². The standard InChI is InChI=1S/C21H24F3N5O2S/c1-20(2)13-27(19-11-15(21(22,23)24)10-18-12-25-14-28(18)19)8-9-29(20)17-6-4-16(5-7-17)26-32(3,30)31/h4-7,10-12,14,26H,8-9,13H2,1-3H3. The molecule has 2 aromatic heterocycles. The van der Waals surface area contributed by atoms with Crippen LogP contribution in [-0.4, -0.2) is 49.2 Å². The van der Waals surface area contributed by atoms with Gasteiger partial charge in [0.05, 0.1) is 29.1 Å². The number of anilines is 3. The summed E-state index contributed by atoms with van der Waals surface area (Å²) in [6.07, 6.45) is -0.405. The molecular weight excluding hydrogens is 443 g/mol. The van der Waals surface area contributed by atoms with E-state index in [0.717, 1.165) is 18.0 Å². The van der Waals surface area contributed by atoms with Crippen molar-refractivity contribution in [3.05, 3.63) is 54.5 Å². The SMILES string of the molecule is CC1(C)CN(c2cc(C(F)(F)F)cc3cncn23)CCN1c1ccc(NS(C)(=O)=O)cc1. The van der Waals surface area contributed by atoms with E-state index in [-0.39, 0.29) is 0 Å². The third-order valence-electron chi connectivity index (χ3n) is 5.54. The van der Waals surface area contributed by atoms with Crippen molar-refractivity contribution in [2.45, 2.75) is 25.6 Å². The number of nitrogens with zero attached hydrogens (tertiary/aromatic N) is 4. The Bertz CT molecular complexity index is 1240. The molecule has 0 spiro atoms. The van der Waals surface area contributed by atoms with E-state index >= 15 is 0 Å². The lowest BCUT2D eigenvalue weighted by molar-refractivity contribution is -0.137. The maximum absolute atomic E-state index is 13.4. The van der Waals surface area contributed by atoms with Gasteiger partial charge in [0.15, 0.2) is 0 Å². The molecule has 0 bridgehead atoms. The Morgan fingerprint density at radius 3 is 2.38 bits per heavy atom. The highest BCUT2D eigenvalue weighted by molar-refractivity contribution is 7.92. The molecule has 1 fully saturated rings. The Morgan fingerprint density at radius 2 is 1.78 bits per heavy atom. The first kappa shape index (κ1) is 22.3. The number of hydrogen-bond donors (Lipinski definition) is 1. The van der Waals surface area contributed by atoms with Crippen LogP contribution in [-0.2, 0) is 16.2 Å². The molecule has 0 aliphatic carbocycles. The van der Waals surface area contributed by atoms with E-state index < -0.39 is 27.3 Å². The van der Waals surface area contributed by atoms with E-state index in [1.807, 2.05) is 30.9 Å². The predicted octanol–water partition coefficient (Wildman–Crippen LogP) is 3.83. The van der Waals surface area contributed by atoms with Gasteiger partial charge in [0, 0.05) is 31.0 Å². The second-order valence-electron chi connectivity index (χ2n) is 8.60. The van der Waals surface area contributed by atoms with E-state index in [1.54, 1.807) is 16.5 Å². The fourth-order valence-electron chi connectivity index (χ4n) is 4.17. The van der Waals surface area contributed by atoms with Gasteiger partial charge in [0.2, 0.25) is 10.0 Å². The van der Waals surface area contributed by atoms with E-state index in [2.05, 4.69) is 14.6 Å². The van der Waals surface area contributed by atoms with Gasteiger partial charge in [-0.25, -0.2) is 13.4 Å². The molecule has 0 atom stereocenters. The second-order valence-corrected chi connectivity index (χ2v) is 10.3. The fraction of sp³-hybridized carbons (Fsp3) is 0.381. The zero-order chi connectivity index (χ0) is 23.3. The van der Waals surface area contributed by atoms with Crippen molar-refractivity contribution in [2.75, 3.05) is 40.4 Å². The summed E-state index contributed by atoms with van der Waals surface area (Å²) in [6, 6.07) is 9.34. The third-order valence-corrected chi connectivity index (χ3v) is 6.14. The van der Waals surface area contributed by atoms with Crippen LogP contribution in [0, 0.1) is 0 Å². The predicted molar refractivity (Wildman–Crippen MR) is 119 cm³/mol. The first-order valence-electron chi connectivity index (χ1n) is 9.97. The number of alkyl halides is 3. The topological polar surface area (TPSA) is 70.0 Å². The fourth-order valence-corrected chi connectivity index (χ4v) is 4.74. The van der Waals surface area contributed by atoms with E-state index in [1.165, 1.54) is 18.6 Å². The number of nitrogens with one attached hydrogen (secondary N) is 1. The zero-order valence-corrected chi connectivity index (χ0v) is 18.7. The van der Waals surface area contributed by atoms with E-state index in [4.69, 9.17) is 0 Å². The Morgan fingerprint density at radius 1 is 1.09 bits per heavy atom. The van der Waals surface area contributed by atoms with Crippen molar-refractivity contribution in [3.63, 3.8) is 0 Å². The molecule has 1 N–H and O–H groups in total. The van der Waals surface area contributed by atoms with Crippen LogP contribution < -0.4 is 14.5 Å². The van der Waals surface area contributed by atoms with Crippen molar-refractivity contribution in [1.29, 1.82) is 0 Å².